The monoisotopic (exact) mass is 320 g/mol. The average molecular weight is 321 g/mol. The maximum atomic E-state index is 12.3. The van der Waals surface area contributed by atoms with E-state index >= 15 is 0 Å². The minimum atomic E-state index is -0.188. The van der Waals surface area contributed by atoms with Crippen LogP contribution in [0.2, 0.25) is 5.02 Å². The Balaban J connectivity index is 2.29. The van der Waals surface area contributed by atoms with E-state index in [0.29, 0.717) is 27.7 Å². The van der Waals surface area contributed by atoms with Gasteiger partial charge in [-0.15, -0.1) is 0 Å². The molecule has 0 aliphatic rings. The number of nitrogens with zero attached hydrogens (tertiary/aromatic N) is 3. The molecule has 116 valence electrons. The van der Waals surface area contributed by atoms with E-state index in [1.165, 1.54) is 4.90 Å². The van der Waals surface area contributed by atoms with Gasteiger partial charge in [0, 0.05) is 19.1 Å². The Morgan fingerprint density at radius 3 is 2.50 bits per heavy atom. The second-order valence-electron chi connectivity index (χ2n) is 4.93. The lowest BCUT2D eigenvalue weighted by atomic mass is 10.1. The number of rotatable bonds is 4. The number of carbonyl (C=O) groups excluding carboxylic acids is 1. The number of halogens is 1. The van der Waals surface area contributed by atoms with Gasteiger partial charge in [-0.3, -0.25) is 4.79 Å². The second-order valence-corrected chi connectivity index (χ2v) is 5.37. The third-order valence-electron chi connectivity index (χ3n) is 2.99. The molecular formula is C15H17ClN4O2. The van der Waals surface area contributed by atoms with E-state index in [1.54, 1.807) is 45.3 Å². The summed E-state index contributed by atoms with van der Waals surface area (Å²) < 4.78 is 5.65. The number of anilines is 1. The van der Waals surface area contributed by atoms with Crippen molar-refractivity contribution in [2.45, 2.75) is 13.5 Å². The normalized spacial score (nSPS) is 10.4. The molecule has 22 heavy (non-hydrogen) atoms. The number of ether oxygens (including phenoxy) is 1. The summed E-state index contributed by atoms with van der Waals surface area (Å²) in [7, 11) is 3.34. The van der Waals surface area contributed by atoms with E-state index in [-0.39, 0.29) is 18.5 Å². The van der Waals surface area contributed by atoms with Crippen LogP contribution in [0.3, 0.4) is 0 Å². The molecule has 1 aromatic carbocycles. The van der Waals surface area contributed by atoms with E-state index in [4.69, 9.17) is 22.1 Å². The van der Waals surface area contributed by atoms with Gasteiger partial charge in [0.25, 0.3) is 5.91 Å². The first-order valence-corrected chi connectivity index (χ1v) is 6.99. The molecule has 1 aromatic heterocycles. The molecular weight excluding hydrogens is 304 g/mol. The molecule has 0 spiro atoms. The largest absolute Gasteiger partial charge is 0.487 e. The van der Waals surface area contributed by atoms with Crippen LogP contribution in [0.25, 0.3) is 0 Å². The van der Waals surface area contributed by atoms with E-state index in [0.717, 1.165) is 0 Å². The van der Waals surface area contributed by atoms with Crippen LogP contribution in [0, 0.1) is 6.92 Å². The van der Waals surface area contributed by atoms with Crippen LogP contribution in [-0.2, 0) is 6.61 Å². The van der Waals surface area contributed by atoms with Crippen molar-refractivity contribution in [2.24, 2.45) is 0 Å². The number of aromatic nitrogens is 2. The van der Waals surface area contributed by atoms with Gasteiger partial charge in [0.1, 0.15) is 12.4 Å². The predicted molar refractivity (Wildman–Crippen MR) is 85.0 cm³/mol. The molecule has 1 amide bonds. The maximum Gasteiger partial charge on any atom is 0.257 e. The fourth-order valence-electron chi connectivity index (χ4n) is 1.94. The lowest BCUT2D eigenvalue weighted by molar-refractivity contribution is 0.0823. The van der Waals surface area contributed by atoms with Crippen molar-refractivity contribution in [3.63, 3.8) is 0 Å². The zero-order chi connectivity index (χ0) is 16.3. The summed E-state index contributed by atoms with van der Waals surface area (Å²) in [6, 6.07) is 6.94. The zero-order valence-electron chi connectivity index (χ0n) is 12.6. The molecule has 0 atom stereocenters. The first-order chi connectivity index (χ1) is 10.4. The molecule has 1 heterocycles. The summed E-state index contributed by atoms with van der Waals surface area (Å²) >= 11 is 5.83. The first kappa shape index (κ1) is 16.0. The van der Waals surface area contributed by atoms with Crippen LogP contribution >= 0.6 is 11.6 Å². The van der Waals surface area contributed by atoms with Gasteiger partial charge in [0.15, 0.2) is 0 Å². The molecule has 2 N–H and O–H groups in total. The second kappa shape index (κ2) is 6.62. The molecule has 0 radical (unpaired) electrons. The van der Waals surface area contributed by atoms with E-state index in [2.05, 4.69) is 9.97 Å². The van der Waals surface area contributed by atoms with Gasteiger partial charge in [-0.2, -0.15) is 0 Å². The van der Waals surface area contributed by atoms with Crippen LogP contribution in [0.1, 0.15) is 21.7 Å². The summed E-state index contributed by atoms with van der Waals surface area (Å²) in [5.41, 5.74) is 7.07. The molecule has 2 aromatic rings. The Morgan fingerprint density at radius 1 is 1.27 bits per heavy atom. The van der Waals surface area contributed by atoms with Crippen molar-refractivity contribution in [3.8, 4) is 5.75 Å². The predicted octanol–water partition coefficient (Wildman–Crippen LogP) is 2.30. The lowest BCUT2D eigenvalue weighted by Gasteiger charge is -2.16. The SMILES string of the molecule is Cc1nc(N)nc(COc2ccc(Cl)cc2)c1C(=O)N(C)C. The van der Waals surface area contributed by atoms with Crippen LogP contribution in [0.4, 0.5) is 5.95 Å². The maximum absolute atomic E-state index is 12.3. The highest BCUT2D eigenvalue weighted by Gasteiger charge is 2.20. The molecule has 0 aliphatic carbocycles. The van der Waals surface area contributed by atoms with E-state index < -0.39 is 0 Å². The van der Waals surface area contributed by atoms with Gasteiger partial charge in [-0.05, 0) is 31.2 Å². The number of hydrogen-bond donors (Lipinski definition) is 1. The van der Waals surface area contributed by atoms with Gasteiger partial charge in [-0.25, -0.2) is 9.97 Å². The molecule has 0 bridgehead atoms. The van der Waals surface area contributed by atoms with Gasteiger partial charge < -0.3 is 15.4 Å². The lowest BCUT2D eigenvalue weighted by Crippen LogP contribution is -2.26. The highest BCUT2D eigenvalue weighted by Crippen LogP contribution is 2.19. The van der Waals surface area contributed by atoms with Crippen LogP contribution in [0.15, 0.2) is 24.3 Å². The fourth-order valence-corrected chi connectivity index (χ4v) is 2.07. The number of benzene rings is 1. The number of nitrogens with two attached hydrogens (primary N) is 1. The van der Waals surface area contributed by atoms with Crippen molar-refractivity contribution < 1.29 is 9.53 Å². The topological polar surface area (TPSA) is 81.3 Å². The summed E-state index contributed by atoms with van der Waals surface area (Å²) in [6.45, 7) is 1.84. The number of carbonyl (C=O) groups is 1. The summed E-state index contributed by atoms with van der Waals surface area (Å²) in [5, 5.41) is 0.623. The van der Waals surface area contributed by atoms with Gasteiger partial charge in [-0.1, -0.05) is 11.6 Å². The third kappa shape index (κ3) is 3.65. The van der Waals surface area contributed by atoms with Gasteiger partial charge in [0.2, 0.25) is 5.95 Å². The molecule has 2 rings (SSSR count). The Kier molecular flexibility index (Phi) is 4.82. The minimum absolute atomic E-state index is 0.113. The number of aryl methyl sites for hydroxylation is 1. The summed E-state index contributed by atoms with van der Waals surface area (Å²) in [6.07, 6.45) is 0. The molecule has 6 nitrogen and oxygen atoms in total. The molecule has 0 fully saturated rings. The van der Waals surface area contributed by atoms with Gasteiger partial charge in [0.05, 0.1) is 17.0 Å². The van der Waals surface area contributed by atoms with E-state index in [1.807, 2.05) is 0 Å². The highest BCUT2D eigenvalue weighted by molar-refractivity contribution is 6.30. The summed E-state index contributed by atoms with van der Waals surface area (Å²) in [5.74, 6) is 0.553. The average Bonchev–Trinajstić information content (AvgIpc) is 2.45. The first-order valence-electron chi connectivity index (χ1n) is 6.61. The smallest absolute Gasteiger partial charge is 0.257 e. The van der Waals surface area contributed by atoms with Gasteiger partial charge >= 0.3 is 0 Å². The van der Waals surface area contributed by atoms with Crippen molar-refractivity contribution in [1.82, 2.24) is 14.9 Å². The highest BCUT2D eigenvalue weighted by atomic mass is 35.5. The number of nitrogen functional groups attached to an aromatic ring is 1. The molecule has 0 saturated heterocycles. The third-order valence-corrected chi connectivity index (χ3v) is 3.24. The standard InChI is InChI=1S/C15H17ClN4O2/c1-9-13(14(21)20(2)3)12(19-15(17)18-9)8-22-11-6-4-10(16)5-7-11/h4-7H,8H2,1-3H3,(H2,17,18,19). The van der Waals surface area contributed by atoms with E-state index in [9.17, 15) is 4.79 Å². The molecule has 0 saturated carbocycles. The summed E-state index contributed by atoms with van der Waals surface area (Å²) in [4.78, 5) is 21.9. The zero-order valence-corrected chi connectivity index (χ0v) is 13.4. The fraction of sp³-hybridized carbons (Fsp3) is 0.267. The van der Waals surface area contributed by atoms with Crippen LogP contribution in [0.5, 0.6) is 5.75 Å². The Bertz CT molecular complexity index is 687. The molecule has 0 aliphatic heterocycles. The van der Waals surface area contributed by atoms with Crippen molar-refractivity contribution in [1.29, 1.82) is 0 Å². The Labute approximate surface area is 133 Å². The van der Waals surface area contributed by atoms with Crippen molar-refractivity contribution in [2.75, 3.05) is 19.8 Å². The minimum Gasteiger partial charge on any atom is -0.487 e. The van der Waals surface area contributed by atoms with Crippen molar-refractivity contribution >= 4 is 23.5 Å². The molecule has 7 heteroatoms. The molecule has 0 unspecified atom stereocenters. The van der Waals surface area contributed by atoms with Crippen molar-refractivity contribution in [3.05, 3.63) is 46.2 Å². The van der Waals surface area contributed by atoms with Crippen LogP contribution in [-0.4, -0.2) is 34.9 Å². The van der Waals surface area contributed by atoms with Crippen LogP contribution < -0.4 is 10.5 Å². The Morgan fingerprint density at radius 2 is 1.91 bits per heavy atom. The number of hydrogen-bond acceptors (Lipinski definition) is 5. The quantitative estimate of drug-likeness (QED) is 0.934. The Hall–Kier alpha value is -2.34. The number of amides is 1.